The van der Waals surface area contributed by atoms with Gasteiger partial charge in [0.2, 0.25) is 0 Å². The second-order valence-electron chi connectivity index (χ2n) is 6.68. The van der Waals surface area contributed by atoms with E-state index < -0.39 is 0 Å². The number of aromatic nitrogens is 2. The summed E-state index contributed by atoms with van der Waals surface area (Å²) < 4.78 is 1.65. The van der Waals surface area contributed by atoms with Gasteiger partial charge in [0.05, 0.1) is 11.4 Å². The van der Waals surface area contributed by atoms with Crippen molar-refractivity contribution >= 4 is 17.5 Å². The van der Waals surface area contributed by atoms with E-state index in [1.54, 1.807) is 16.8 Å². The first kappa shape index (κ1) is 18.2. The van der Waals surface area contributed by atoms with Crippen molar-refractivity contribution in [2.45, 2.75) is 26.8 Å². The van der Waals surface area contributed by atoms with Gasteiger partial charge in [0.15, 0.2) is 0 Å². The predicted octanol–water partition coefficient (Wildman–Crippen LogP) is 4.97. The lowest BCUT2D eigenvalue weighted by Crippen LogP contribution is -2.37. The topological polar surface area (TPSA) is 46.9 Å². The molecule has 1 heterocycles. The van der Waals surface area contributed by atoms with Crippen LogP contribution in [0.3, 0.4) is 0 Å². The van der Waals surface area contributed by atoms with Crippen molar-refractivity contribution in [2.24, 2.45) is 5.92 Å². The fourth-order valence-corrected chi connectivity index (χ4v) is 2.73. The summed E-state index contributed by atoms with van der Waals surface area (Å²) in [5.41, 5.74) is 2.94. The molecule has 26 heavy (non-hydrogen) atoms. The zero-order chi connectivity index (χ0) is 18.7. The number of hydrogen-bond acceptors (Lipinski definition) is 2. The van der Waals surface area contributed by atoms with E-state index >= 15 is 0 Å². The van der Waals surface area contributed by atoms with E-state index in [4.69, 9.17) is 11.6 Å². The van der Waals surface area contributed by atoms with Gasteiger partial charge in [0, 0.05) is 16.6 Å². The summed E-state index contributed by atoms with van der Waals surface area (Å²) in [7, 11) is 0. The fourth-order valence-electron chi connectivity index (χ4n) is 2.54. The Balaban J connectivity index is 2.06. The predicted molar refractivity (Wildman–Crippen MR) is 106 cm³/mol. The van der Waals surface area contributed by atoms with Crippen molar-refractivity contribution in [3.05, 3.63) is 71.4 Å². The maximum Gasteiger partial charge on any atom is 0.270 e. The molecule has 1 aromatic heterocycles. The molecule has 5 heteroatoms. The van der Waals surface area contributed by atoms with Crippen molar-refractivity contribution in [3.63, 3.8) is 0 Å². The molecule has 0 aliphatic heterocycles. The van der Waals surface area contributed by atoms with Crippen LogP contribution in [0.4, 0.5) is 0 Å². The Kier molecular flexibility index (Phi) is 5.43. The summed E-state index contributed by atoms with van der Waals surface area (Å²) in [4.78, 5) is 12.9. The Morgan fingerprint density at radius 3 is 2.42 bits per heavy atom. The summed E-state index contributed by atoms with van der Waals surface area (Å²) >= 11 is 6.13. The number of rotatable bonds is 5. The quantitative estimate of drug-likeness (QED) is 0.692. The lowest BCUT2D eigenvalue weighted by Gasteiger charge is -2.17. The van der Waals surface area contributed by atoms with Crippen LogP contribution in [0.15, 0.2) is 60.7 Å². The van der Waals surface area contributed by atoms with E-state index in [2.05, 4.69) is 24.3 Å². The number of hydrogen-bond donors (Lipinski definition) is 1. The van der Waals surface area contributed by atoms with E-state index in [9.17, 15) is 4.79 Å². The molecule has 3 rings (SSSR count). The molecular formula is C21H22ClN3O. The first-order chi connectivity index (χ1) is 12.5. The number of nitrogens with zero attached hydrogens (tertiary/aromatic N) is 2. The van der Waals surface area contributed by atoms with Gasteiger partial charge in [0.1, 0.15) is 5.69 Å². The third-order valence-electron chi connectivity index (χ3n) is 4.42. The van der Waals surface area contributed by atoms with Gasteiger partial charge in [-0.25, -0.2) is 4.68 Å². The highest BCUT2D eigenvalue weighted by molar-refractivity contribution is 6.30. The molecule has 0 radical (unpaired) electrons. The van der Waals surface area contributed by atoms with Gasteiger partial charge in [-0.05, 0) is 37.1 Å². The Bertz CT molecular complexity index is 903. The number of nitrogens with one attached hydrogen (secondary N) is 1. The van der Waals surface area contributed by atoms with E-state index in [0.717, 1.165) is 16.9 Å². The van der Waals surface area contributed by atoms with Crippen LogP contribution in [-0.4, -0.2) is 21.7 Å². The van der Waals surface area contributed by atoms with Gasteiger partial charge >= 0.3 is 0 Å². The van der Waals surface area contributed by atoms with Gasteiger partial charge in [-0.3, -0.25) is 4.79 Å². The van der Waals surface area contributed by atoms with Crippen LogP contribution in [0.2, 0.25) is 5.02 Å². The Labute approximate surface area is 158 Å². The standard InChI is InChI=1S/C21H22ClN3O/c1-14(2)15(3)23-21(26)20-13-19(16-8-5-4-6-9-16)24-25(20)18-11-7-10-17(22)12-18/h4-15H,1-3H3,(H,23,26)/t15-/m1/s1. The van der Waals surface area contributed by atoms with Crippen molar-refractivity contribution < 1.29 is 4.79 Å². The van der Waals surface area contributed by atoms with E-state index in [1.165, 1.54) is 0 Å². The minimum absolute atomic E-state index is 0.0605. The highest BCUT2D eigenvalue weighted by Crippen LogP contribution is 2.23. The molecule has 1 amide bonds. The van der Waals surface area contributed by atoms with Crippen LogP contribution >= 0.6 is 11.6 Å². The summed E-state index contributed by atoms with van der Waals surface area (Å²) in [5.74, 6) is 0.191. The van der Waals surface area contributed by atoms with Crippen molar-refractivity contribution in [2.75, 3.05) is 0 Å². The zero-order valence-electron chi connectivity index (χ0n) is 15.1. The second-order valence-corrected chi connectivity index (χ2v) is 7.12. The monoisotopic (exact) mass is 367 g/mol. The maximum absolute atomic E-state index is 12.9. The first-order valence-electron chi connectivity index (χ1n) is 8.68. The Hall–Kier alpha value is -2.59. The molecule has 0 saturated carbocycles. The lowest BCUT2D eigenvalue weighted by atomic mass is 10.1. The molecule has 0 aliphatic carbocycles. The van der Waals surface area contributed by atoms with Gasteiger partial charge < -0.3 is 5.32 Å². The van der Waals surface area contributed by atoms with Gasteiger partial charge in [-0.2, -0.15) is 5.10 Å². The maximum atomic E-state index is 12.9. The average molecular weight is 368 g/mol. The summed E-state index contributed by atoms with van der Waals surface area (Å²) in [6.07, 6.45) is 0. The molecule has 2 aromatic carbocycles. The molecule has 0 bridgehead atoms. The number of amides is 1. The van der Waals surface area contributed by atoms with Crippen LogP contribution in [0.5, 0.6) is 0 Å². The zero-order valence-corrected chi connectivity index (χ0v) is 15.9. The highest BCUT2D eigenvalue weighted by atomic mass is 35.5. The van der Waals surface area contributed by atoms with Gasteiger partial charge in [-0.15, -0.1) is 0 Å². The normalized spacial score (nSPS) is 12.2. The number of halogens is 1. The van der Waals surface area contributed by atoms with Crippen LogP contribution in [0, 0.1) is 5.92 Å². The van der Waals surface area contributed by atoms with Crippen LogP contribution in [0.25, 0.3) is 16.9 Å². The molecule has 0 saturated heterocycles. The minimum atomic E-state index is -0.152. The summed E-state index contributed by atoms with van der Waals surface area (Å²) in [6, 6.07) is 19.0. The third-order valence-corrected chi connectivity index (χ3v) is 4.66. The van der Waals surface area contributed by atoms with E-state index in [1.807, 2.05) is 55.5 Å². The SMILES string of the molecule is CC(C)[C@@H](C)NC(=O)c1cc(-c2ccccc2)nn1-c1cccc(Cl)c1. The molecule has 0 unspecified atom stereocenters. The molecule has 0 aliphatic rings. The van der Waals surface area contributed by atoms with Crippen LogP contribution in [0.1, 0.15) is 31.3 Å². The molecule has 4 nitrogen and oxygen atoms in total. The number of carbonyl (C=O) groups excluding carboxylic acids is 1. The largest absolute Gasteiger partial charge is 0.348 e. The van der Waals surface area contributed by atoms with Crippen molar-refractivity contribution in [1.29, 1.82) is 0 Å². The van der Waals surface area contributed by atoms with Crippen LogP contribution < -0.4 is 5.32 Å². The van der Waals surface area contributed by atoms with Gasteiger partial charge in [0.25, 0.3) is 5.91 Å². The second kappa shape index (κ2) is 7.75. The first-order valence-corrected chi connectivity index (χ1v) is 9.06. The van der Waals surface area contributed by atoms with E-state index in [-0.39, 0.29) is 11.9 Å². The molecule has 134 valence electrons. The van der Waals surface area contributed by atoms with Crippen molar-refractivity contribution in [3.8, 4) is 16.9 Å². The molecule has 0 spiro atoms. The summed E-state index contributed by atoms with van der Waals surface area (Å²) in [5, 5.41) is 8.31. The molecular weight excluding hydrogens is 346 g/mol. The van der Waals surface area contributed by atoms with Crippen molar-refractivity contribution in [1.82, 2.24) is 15.1 Å². The fraction of sp³-hybridized carbons (Fsp3) is 0.238. The molecule has 1 N–H and O–H groups in total. The lowest BCUT2D eigenvalue weighted by molar-refractivity contribution is 0.0922. The molecule has 3 aromatic rings. The summed E-state index contributed by atoms with van der Waals surface area (Å²) in [6.45, 7) is 6.16. The Morgan fingerprint density at radius 2 is 1.77 bits per heavy atom. The van der Waals surface area contributed by atoms with Crippen LogP contribution in [-0.2, 0) is 0 Å². The van der Waals surface area contributed by atoms with Gasteiger partial charge in [-0.1, -0.05) is 61.8 Å². The minimum Gasteiger partial charge on any atom is -0.348 e. The number of benzene rings is 2. The van der Waals surface area contributed by atoms with E-state index in [0.29, 0.717) is 16.6 Å². The highest BCUT2D eigenvalue weighted by Gasteiger charge is 2.20. The average Bonchev–Trinajstić information content (AvgIpc) is 3.08. The number of carbonyl (C=O) groups is 1. The molecule has 1 atom stereocenters. The molecule has 0 fully saturated rings. The Morgan fingerprint density at radius 1 is 1.04 bits per heavy atom. The third kappa shape index (κ3) is 3.97. The smallest absolute Gasteiger partial charge is 0.270 e.